The first-order valence-electron chi connectivity index (χ1n) is 12.3. The fourth-order valence-electron chi connectivity index (χ4n) is 4.72. The summed E-state index contributed by atoms with van der Waals surface area (Å²) < 4.78 is 47.0. The highest BCUT2D eigenvalue weighted by Crippen LogP contribution is 2.44. The standard InChI is InChI=1S/C27H28F3N5O3/c1-26(2,36)16-38-34-24(18-3-4-21(28)22(29)9-18)25-32-11-17(12-33-25)14-35-7-5-27(6-8-35)20-13-31-23(30)10-19(20)15-37-27/h3-4,9-13,36H,5-8,14-16H2,1-2H3. The van der Waals surface area contributed by atoms with Crippen molar-refractivity contribution in [2.45, 2.75) is 51.0 Å². The number of fused-ring (bicyclic) bond motifs is 2. The van der Waals surface area contributed by atoms with E-state index in [1.165, 1.54) is 12.1 Å². The van der Waals surface area contributed by atoms with Crippen molar-refractivity contribution in [2.24, 2.45) is 5.16 Å². The molecule has 0 bridgehead atoms. The molecule has 0 saturated carbocycles. The van der Waals surface area contributed by atoms with E-state index in [1.807, 2.05) is 0 Å². The molecule has 2 aliphatic rings. The molecule has 1 fully saturated rings. The Morgan fingerprint density at radius 1 is 1.08 bits per heavy atom. The lowest BCUT2D eigenvalue weighted by Crippen LogP contribution is -2.42. The summed E-state index contributed by atoms with van der Waals surface area (Å²) in [4.78, 5) is 20.2. The molecular formula is C27H28F3N5O3. The van der Waals surface area contributed by atoms with E-state index in [-0.39, 0.29) is 23.7 Å². The largest absolute Gasteiger partial charge is 0.392 e. The summed E-state index contributed by atoms with van der Waals surface area (Å²) in [6.07, 6.45) is 6.44. The van der Waals surface area contributed by atoms with Gasteiger partial charge < -0.3 is 14.7 Å². The SMILES string of the molecule is CC(C)(O)CON=C(c1ccc(F)c(F)c1)c1ncc(CN2CCC3(CC2)OCc2cc(F)ncc23)cn1. The molecule has 8 nitrogen and oxygen atoms in total. The smallest absolute Gasteiger partial charge is 0.213 e. The predicted octanol–water partition coefficient (Wildman–Crippen LogP) is 3.85. The lowest BCUT2D eigenvalue weighted by molar-refractivity contribution is -0.0800. The third-order valence-electron chi connectivity index (χ3n) is 6.70. The van der Waals surface area contributed by atoms with Gasteiger partial charge >= 0.3 is 0 Å². The van der Waals surface area contributed by atoms with Gasteiger partial charge in [0.1, 0.15) is 6.61 Å². The highest BCUT2D eigenvalue weighted by molar-refractivity contribution is 6.10. The second kappa shape index (κ2) is 10.4. The van der Waals surface area contributed by atoms with E-state index < -0.39 is 28.8 Å². The van der Waals surface area contributed by atoms with Crippen molar-refractivity contribution in [3.63, 3.8) is 0 Å². The van der Waals surface area contributed by atoms with Crippen LogP contribution in [0.25, 0.3) is 0 Å². The summed E-state index contributed by atoms with van der Waals surface area (Å²) in [5, 5.41) is 13.9. The summed E-state index contributed by atoms with van der Waals surface area (Å²) in [6, 6.07) is 4.80. The molecule has 1 aromatic carbocycles. The molecule has 38 heavy (non-hydrogen) atoms. The number of aliphatic hydroxyl groups is 1. The molecule has 0 atom stereocenters. The van der Waals surface area contributed by atoms with Crippen LogP contribution in [-0.4, -0.2) is 56.0 Å². The number of likely N-dealkylation sites (tertiary alicyclic amines) is 1. The number of hydrogen-bond donors (Lipinski definition) is 1. The maximum Gasteiger partial charge on any atom is 0.213 e. The molecule has 0 amide bonds. The van der Waals surface area contributed by atoms with Crippen molar-refractivity contribution in [1.29, 1.82) is 0 Å². The van der Waals surface area contributed by atoms with Gasteiger partial charge in [0.05, 0.1) is 17.8 Å². The molecule has 200 valence electrons. The quantitative estimate of drug-likeness (QED) is 0.284. The second-order valence-electron chi connectivity index (χ2n) is 10.3. The summed E-state index contributed by atoms with van der Waals surface area (Å²) in [5.41, 5.74) is 1.48. The van der Waals surface area contributed by atoms with E-state index in [0.29, 0.717) is 13.2 Å². The van der Waals surface area contributed by atoms with Gasteiger partial charge in [-0.15, -0.1) is 0 Å². The Labute approximate surface area is 218 Å². The zero-order valence-electron chi connectivity index (χ0n) is 21.1. The Morgan fingerprint density at radius 3 is 2.50 bits per heavy atom. The summed E-state index contributed by atoms with van der Waals surface area (Å²) in [7, 11) is 0. The van der Waals surface area contributed by atoms with Crippen molar-refractivity contribution in [2.75, 3.05) is 19.7 Å². The first-order valence-corrected chi connectivity index (χ1v) is 12.3. The fourth-order valence-corrected chi connectivity index (χ4v) is 4.72. The van der Waals surface area contributed by atoms with Gasteiger partial charge in [-0.1, -0.05) is 5.16 Å². The monoisotopic (exact) mass is 527 g/mol. The highest BCUT2D eigenvalue weighted by atomic mass is 19.2. The number of benzene rings is 1. The van der Waals surface area contributed by atoms with Gasteiger partial charge in [0.25, 0.3) is 0 Å². The maximum atomic E-state index is 13.9. The van der Waals surface area contributed by atoms with Gasteiger partial charge in [-0.25, -0.2) is 23.7 Å². The van der Waals surface area contributed by atoms with Gasteiger partial charge in [-0.3, -0.25) is 4.90 Å². The Bertz CT molecular complexity index is 1340. The topological polar surface area (TPSA) is 93.0 Å². The molecule has 5 rings (SSSR count). The molecular weight excluding hydrogens is 499 g/mol. The Morgan fingerprint density at radius 2 is 1.82 bits per heavy atom. The Hall–Kier alpha value is -3.41. The van der Waals surface area contributed by atoms with Gasteiger partial charge in [0, 0.05) is 54.9 Å². The van der Waals surface area contributed by atoms with E-state index in [9.17, 15) is 18.3 Å². The van der Waals surface area contributed by atoms with Crippen molar-refractivity contribution in [3.05, 3.63) is 88.5 Å². The van der Waals surface area contributed by atoms with Crippen LogP contribution in [0.1, 0.15) is 54.8 Å². The number of rotatable bonds is 7. The number of hydrogen-bond acceptors (Lipinski definition) is 8. The molecule has 11 heteroatoms. The van der Waals surface area contributed by atoms with Crippen molar-refractivity contribution >= 4 is 5.71 Å². The van der Waals surface area contributed by atoms with Gasteiger partial charge in [0.15, 0.2) is 23.2 Å². The molecule has 1 saturated heterocycles. The Balaban J connectivity index is 1.27. The number of oxime groups is 1. The molecule has 0 radical (unpaired) electrons. The summed E-state index contributed by atoms with van der Waals surface area (Å²) >= 11 is 0. The van der Waals surface area contributed by atoms with Crippen LogP contribution >= 0.6 is 0 Å². The number of nitrogens with zero attached hydrogens (tertiary/aromatic N) is 5. The molecule has 0 aliphatic carbocycles. The minimum atomic E-state index is -1.14. The average molecular weight is 528 g/mol. The maximum absolute atomic E-state index is 13.9. The molecule has 3 aromatic rings. The minimum absolute atomic E-state index is 0.113. The van der Waals surface area contributed by atoms with Gasteiger partial charge in [-0.2, -0.15) is 4.39 Å². The van der Waals surface area contributed by atoms with Gasteiger partial charge in [-0.05, 0) is 56.5 Å². The van der Waals surface area contributed by atoms with Crippen LogP contribution in [0.2, 0.25) is 0 Å². The first-order chi connectivity index (χ1) is 18.1. The zero-order valence-corrected chi connectivity index (χ0v) is 21.1. The van der Waals surface area contributed by atoms with Crippen LogP contribution in [0.3, 0.4) is 0 Å². The highest BCUT2D eigenvalue weighted by Gasteiger charge is 2.43. The number of ether oxygens (including phenoxy) is 1. The number of aromatic nitrogens is 3. The van der Waals surface area contributed by atoms with Crippen LogP contribution in [0.5, 0.6) is 0 Å². The van der Waals surface area contributed by atoms with Crippen molar-refractivity contribution < 1.29 is 27.9 Å². The predicted molar refractivity (Wildman–Crippen MR) is 131 cm³/mol. The fraction of sp³-hybridized carbons (Fsp3) is 0.407. The number of piperidine rings is 1. The summed E-state index contributed by atoms with van der Waals surface area (Å²) in [6.45, 7) is 5.54. The van der Waals surface area contributed by atoms with Crippen LogP contribution in [0.4, 0.5) is 13.2 Å². The van der Waals surface area contributed by atoms with Crippen molar-refractivity contribution in [1.82, 2.24) is 19.9 Å². The van der Waals surface area contributed by atoms with Crippen molar-refractivity contribution in [3.8, 4) is 0 Å². The molecule has 4 heterocycles. The normalized spacial score (nSPS) is 17.6. The van der Waals surface area contributed by atoms with Crippen LogP contribution in [0.15, 0.2) is 48.0 Å². The van der Waals surface area contributed by atoms with E-state index in [4.69, 9.17) is 9.57 Å². The van der Waals surface area contributed by atoms with Crippen LogP contribution < -0.4 is 0 Å². The zero-order chi connectivity index (χ0) is 26.9. The lowest BCUT2D eigenvalue weighted by atomic mass is 9.84. The first kappa shape index (κ1) is 26.2. The van der Waals surface area contributed by atoms with E-state index in [0.717, 1.165) is 54.8 Å². The molecule has 2 aromatic heterocycles. The van der Waals surface area contributed by atoms with E-state index in [2.05, 4.69) is 25.0 Å². The van der Waals surface area contributed by atoms with Gasteiger partial charge in [0.2, 0.25) is 5.95 Å². The molecule has 2 aliphatic heterocycles. The van der Waals surface area contributed by atoms with E-state index in [1.54, 1.807) is 32.4 Å². The third kappa shape index (κ3) is 5.69. The number of pyridine rings is 1. The average Bonchev–Trinajstić information content (AvgIpc) is 3.22. The minimum Gasteiger partial charge on any atom is -0.392 e. The third-order valence-corrected chi connectivity index (χ3v) is 6.70. The molecule has 1 spiro atoms. The Kier molecular flexibility index (Phi) is 7.17. The number of halogens is 3. The second-order valence-corrected chi connectivity index (χ2v) is 10.3. The van der Waals surface area contributed by atoms with E-state index >= 15 is 0 Å². The summed E-state index contributed by atoms with van der Waals surface area (Å²) in [5.74, 6) is -2.34. The van der Waals surface area contributed by atoms with Crippen LogP contribution in [0, 0.1) is 17.6 Å². The lowest BCUT2D eigenvalue weighted by Gasteiger charge is -2.39. The molecule has 1 N–H and O–H groups in total. The molecule has 0 unspecified atom stereocenters. The van der Waals surface area contributed by atoms with Crippen LogP contribution in [-0.2, 0) is 28.3 Å².